The molecule has 0 aliphatic carbocycles. The molecule has 6 heteroatoms. The Labute approximate surface area is 140 Å². The molecule has 0 atom stereocenters. The maximum atomic E-state index is 13.0. The van der Waals surface area contributed by atoms with E-state index in [1.54, 1.807) is 30.3 Å². The van der Waals surface area contributed by atoms with E-state index < -0.39 is 0 Å². The monoisotopic (exact) mass is 369 g/mol. The van der Waals surface area contributed by atoms with Crippen LogP contribution in [0.5, 0.6) is 0 Å². The Balaban J connectivity index is 2.11. The van der Waals surface area contributed by atoms with Gasteiger partial charge in [-0.25, -0.2) is 4.98 Å². The van der Waals surface area contributed by atoms with Gasteiger partial charge in [0.25, 0.3) is 5.56 Å². The van der Waals surface area contributed by atoms with Crippen LogP contribution in [-0.2, 0) is 0 Å². The first kappa shape index (κ1) is 14.1. The quantitative estimate of drug-likeness (QED) is 0.517. The number of aromatic nitrogens is 2. The van der Waals surface area contributed by atoms with E-state index in [0.29, 0.717) is 22.2 Å². The summed E-state index contributed by atoms with van der Waals surface area (Å²) < 4.78 is 2.22. The molecule has 0 amide bonds. The minimum atomic E-state index is -0.223. The average molecular weight is 370 g/mol. The molecule has 2 heterocycles. The highest BCUT2D eigenvalue weighted by Crippen LogP contribution is 2.29. The van der Waals surface area contributed by atoms with Crippen LogP contribution in [0.1, 0.15) is 16.2 Å². The van der Waals surface area contributed by atoms with Crippen LogP contribution in [0, 0.1) is 0 Å². The van der Waals surface area contributed by atoms with Gasteiger partial charge in [0.05, 0.1) is 22.2 Å². The molecule has 3 aromatic rings. The van der Waals surface area contributed by atoms with Crippen molar-refractivity contribution in [2.24, 2.45) is 0 Å². The Kier molecular flexibility index (Phi) is 2.93. The third kappa shape index (κ3) is 1.95. The lowest BCUT2D eigenvalue weighted by Gasteiger charge is -2.13. The van der Waals surface area contributed by atoms with E-state index in [4.69, 9.17) is 0 Å². The predicted octanol–water partition coefficient (Wildman–Crippen LogP) is 2.76. The number of fused-ring (bicyclic) bond motifs is 4. The number of nitrogens with zero attached hydrogens (tertiary/aromatic N) is 3. The molecule has 0 fully saturated rings. The lowest BCUT2D eigenvalue weighted by atomic mass is 10.1. The van der Waals surface area contributed by atoms with Gasteiger partial charge < -0.3 is 4.90 Å². The zero-order valence-corrected chi connectivity index (χ0v) is 14.1. The Hall–Kier alpha value is -2.47. The van der Waals surface area contributed by atoms with E-state index in [-0.39, 0.29) is 17.2 Å². The van der Waals surface area contributed by atoms with Crippen molar-refractivity contribution in [3.05, 3.63) is 62.6 Å². The number of carbonyl (C=O) groups excluding carboxylic acids is 1. The second-order valence-electron chi connectivity index (χ2n) is 5.66. The molecule has 2 aromatic carbocycles. The van der Waals surface area contributed by atoms with E-state index in [1.807, 2.05) is 25.1 Å². The van der Waals surface area contributed by atoms with E-state index in [0.717, 1.165) is 10.2 Å². The van der Waals surface area contributed by atoms with Gasteiger partial charge in [0.1, 0.15) is 0 Å². The van der Waals surface area contributed by atoms with Crippen LogP contribution >= 0.6 is 15.9 Å². The molecular formula is C17H12BrN3O2. The SMILES string of the molecule is CN(C)c1ccc2nc3n(c(=O)c2c1)-c1cc(Br)ccc1C3=O. The first-order valence-electron chi connectivity index (χ1n) is 7.06. The molecule has 1 aliphatic heterocycles. The first-order chi connectivity index (χ1) is 11.0. The zero-order chi connectivity index (χ0) is 16.3. The molecule has 0 saturated heterocycles. The number of benzene rings is 2. The lowest BCUT2D eigenvalue weighted by molar-refractivity contribution is 0.103. The van der Waals surface area contributed by atoms with Gasteiger partial charge in [-0.2, -0.15) is 0 Å². The molecule has 1 aliphatic rings. The predicted molar refractivity (Wildman–Crippen MR) is 92.8 cm³/mol. The molecule has 114 valence electrons. The molecule has 0 radical (unpaired) electrons. The maximum absolute atomic E-state index is 13.0. The molecule has 5 nitrogen and oxygen atoms in total. The fourth-order valence-corrected chi connectivity index (χ4v) is 3.18. The molecule has 0 N–H and O–H groups in total. The Morgan fingerprint density at radius 3 is 2.61 bits per heavy atom. The number of halogens is 1. The fourth-order valence-electron chi connectivity index (χ4n) is 2.83. The van der Waals surface area contributed by atoms with Crippen LogP contribution in [0.25, 0.3) is 16.6 Å². The highest BCUT2D eigenvalue weighted by atomic mass is 79.9. The van der Waals surface area contributed by atoms with Crippen LogP contribution in [-0.4, -0.2) is 29.4 Å². The molecule has 1 aromatic heterocycles. The third-order valence-electron chi connectivity index (χ3n) is 4.02. The highest BCUT2D eigenvalue weighted by molar-refractivity contribution is 9.10. The van der Waals surface area contributed by atoms with E-state index in [2.05, 4.69) is 20.9 Å². The minimum Gasteiger partial charge on any atom is -0.378 e. The number of carbonyl (C=O) groups is 1. The number of hydrogen-bond acceptors (Lipinski definition) is 4. The summed E-state index contributed by atoms with van der Waals surface area (Å²) in [7, 11) is 3.82. The molecule has 4 rings (SSSR count). The van der Waals surface area contributed by atoms with E-state index in [1.165, 1.54) is 4.57 Å². The summed E-state index contributed by atoms with van der Waals surface area (Å²) >= 11 is 3.39. The van der Waals surface area contributed by atoms with Crippen molar-refractivity contribution in [1.29, 1.82) is 0 Å². The zero-order valence-electron chi connectivity index (χ0n) is 12.5. The summed E-state index contributed by atoms with van der Waals surface area (Å²) in [4.78, 5) is 31.8. The van der Waals surface area contributed by atoms with Crippen molar-refractivity contribution in [1.82, 2.24) is 9.55 Å². The van der Waals surface area contributed by atoms with Gasteiger partial charge in [0, 0.05) is 24.3 Å². The van der Waals surface area contributed by atoms with Gasteiger partial charge in [0.2, 0.25) is 5.78 Å². The topological polar surface area (TPSA) is 55.2 Å². The van der Waals surface area contributed by atoms with Gasteiger partial charge in [-0.3, -0.25) is 14.2 Å². The summed E-state index contributed by atoms with van der Waals surface area (Å²) in [6.45, 7) is 0. The largest absolute Gasteiger partial charge is 0.378 e. The highest BCUT2D eigenvalue weighted by Gasteiger charge is 2.30. The Bertz CT molecular complexity index is 1050. The Morgan fingerprint density at radius 2 is 1.87 bits per heavy atom. The van der Waals surface area contributed by atoms with Crippen molar-refractivity contribution in [3.8, 4) is 5.69 Å². The van der Waals surface area contributed by atoms with Crippen LogP contribution < -0.4 is 10.5 Å². The van der Waals surface area contributed by atoms with E-state index >= 15 is 0 Å². The summed E-state index contributed by atoms with van der Waals surface area (Å²) in [5.41, 5.74) is 2.30. The van der Waals surface area contributed by atoms with Crippen LogP contribution in [0.2, 0.25) is 0 Å². The average Bonchev–Trinajstić information content (AvgIpc) is 2.79. The normalized spacial score (nSPS) is 12.4. The molecular weight excluding hydrogens is 358 g/mol. The molecule has 23 heavy (non-hydrogen) atoms. The second-order valence-corrected chi connectivity index (χ2v) is 6.58. The van der Waals surface area contributed by atoms with Crippen molar-refractivity contribution in [3.63, 3.8) is 0 Å². The van der Waals surface area contributed by atoms with E-state index in [9.17, 15) is 9.59 Å². The van der Waals surface area contributed by atoms with Gasteiger partial charge in [-0.1, -0.05) is 15.9 Å². The molecule has 0 spiro atoms. The van der Waals surface area contributed by atoms with Crippen molar-refractivity contribution >= 4 is 38.3 Å². The van der Waals surface area contributed by atoms with Gasteiger partial charge in [-0.15, -0.1) is 0 Å². The molecule has 0 saturated carbocycles. The lowest BCUT2D eigenvalue weighted by Crippen LogP contribution is -2.22. The third-order valence-corrected chi connectivity index (χ3v) is 4.51. The van der Waals surface area contributed by atoms with Crippen LogP contribution in [0.3, 0.4) is 0 Å². The van der Waals surface area contributed by atoms with Gasteiger partial charge in [-0.05, 0) is 36.4 Å². The summed E-state index contributed by atoms with van der Waals surface area (Å²) in [5.74, 6) is -0.0450. The van der Waals surface area contributed by atoms with Crippen molar-refractivity contribution in [2.45, 2.75) is 0 Å². The summed E-state index contributed by atoms with van der Waals surface area (Å²) in [6, 6.07) is 10.7. The standard InChI is InChI=1S/C17H12BrN3O2/c1-20(2)10-4-6-13-12(8-10)17(23)21-14-7-9(18)3-5-11(14)15(22)16(21)19-13/h3-8H,1-2H3. The van der Waals surface area contributed by atoms with Gasteiger partial charge in [0.15, 0.2) is 5.82 Å². The van der Waals surface area contributed by atoms with Crippen LogP contribution in [0.15, 0.2) is 45.7 Å². The van der Waals surface area contributed by atoms with Crippen molar-refractivity contribution < 1.29 is 4.79 Å². The Morgan fingerprint density at radius 1 is 1.09 bits per heavy atom. The fraction of sp³-hybridized carbons (Fsp3) is 0.118. The summed E-state index contributed by atoms with van der Waals surface area (Å²) in [5, 5.41) is 0.501. The first-order valence-corrected chi connectivity index (χ1v) is 7.85. The van der Waals surface area contributed by atoms with Crippen molar-refractivity contribution in [2.75, 3.05) is 19.0 Å². The number of hydrogen-bond donors (Lipinski definition) is 0. The minimum absolute atomic E-state index is 0.174. The van der Waals surface area contributed by atoms with Crippen LogP contribution in [0.4, 0.5) is 5.69 Å². The molecule has 0 unspecified atom stereocenters. The smallest absolute Gasteiger partial charge is 0.266 e. The number of anilines is 1. The number of ketones is 1. The molecule has 0 bridgehead atoms. The number of rotatable bonds is 1. The second kappa shape index (κ2) is 4.76. The van der Waals surface area contributed by atoms with Gasteiger partial charge >= 0.3 is 0 Å². The maximum Gasteiger partial charge on any atom is 0.266 e. The summed E-state index contributed by atoms with van der Waals surface area (Å²) in [6.07, 6.45) is 0.